The third-order valence-electron chi connectivity index (χ3n) is 3.21. The fourth-order valence-electron chi connectivity index (χ4n) is 2.17. The standard InChI is InChI=1S/C13H18ClN3O2/c1-2-17(8-10-4-3-5-19-10)13(18)11-6-9(15)7-16-12(11)14/h6-7,10H,2-5,8,15H2,1H3. The van der Waals surface area contributed by atoms with Crippen LogP contribution in [0.25, 0.3) is 0 Å². The molecule has 1 fully saturated rings. The Hall–Kier alpha value is -1.33. The Bertz CT molecular complexity index is 461. The van der Waals surface area contributed by atoms with Crippen molar-refractivity contribution in [2.45, 2.75) is 25.9 Å². The normalized spacial score (nSPS) is 18.5. The first-order valence-corrected chi connectivity index (χ1v) is 6.81. The largest absolute Gasteiger partial charge is 0.397 e. The second-order valence-electron chi connectivity index (χ2n) is 4.59. The van der Waals surface area contributed by atoms with Crippen molar-refractivity contribution in [2.75, 3.05) is 25.4 Å². The highest BCUT2D eigenvalue weighted by Crippen LogP contribution is 2.19. The van der Waals surface area contributed by atoms with Crippen molar-refractivity contribution >= 4 is 23.2 Å². The lowest BCUT2D eigenvalue weighted by atomic mass is 10.2. The molecular formula is C13H18ClN3O2. The molecule has 2 N–H and O–H groups in total. The average Bonchev–Trinajstić information content (AvgIpc) is 2.91. The zero-order valence-electron chi connectivity index (χ0n) is 10.9. The minimum Gasteiger partial charge on any atom is -0.397 e. The van der Waals surface area contributed by atoms with Crippen molar-refractivity contribution in [3.8, 4) is 0 Å². The van der Waals surface area contributed by atoms with E-state index < -0.39 is 0 Å². The molecule has 1 amide bonds. The van der Waals surface area contributed by atoms with E-state index >= 15 is 0 Å². The summed E-state index contributed by atoms with van der Waals surface area (Å²) in [4.78, 5) is 18.1. The minimum absolute atomic E-state index is 0.122. The van der Waals surface area contributed by atoms with Crippen LogP contribution in [0.15, 0.2) is 12.3 Å². The highest BCUT2D eigenvalue weighted by Gasteiger charge is 2.24. The van der Waals surface area contributed by atoms with E-state index in [0.29, 0.717) is 24.3 Å². The van der Waals surface area contributed by atoms with Crippen molar-refractivity contribution in [3.05, 3.63) is 23.0 Å². The number of aromatic nitrogens is 1. The maximum Gasteiger partial charge on any atom is 0.257 e. The van der Waals surface area contributed by atoms with Crippen LogP contribution in [0.2, 0.25) is 5.15 Å². The third-order valence-corrected chi connectivity index (χ3v) is 3.51. The number of nitrogens with two attached hydrogens (primary N) is 1. The lowest BCUT2D eigenvalue weighted by molar-refractivity contribution is 0.0539. The van der Waals surface area contributed by atoms with Crippen LogP contribution < -0.4 is 5.73 Å². The molecule has 0 aliphatic carbocycles. The summed E-state index contributed by atoms with van der Waals surface area (Å²) in [6.07, 6.45) is 3.61. The summed E-state index contributed by atoms with van der Waals surface area (Å²) in [5.74, 6) is -0.150. The van der Waals surface area contributed by atoms with E-state index in [-0.39, 0.29) is 17.2 Å². The van der Waals surface area contributed by atoms with Gasteiger partial charge in [0, 0.05) is 19.7 Å². The summed E-state index contributed by atoms with van der Waals surface area (Å²) in [6.45, 7) is 3.89. The lowest BCUT2D eigenvalue weighted by Crippen LogP contribution is -2.37. The first-order chi connectivity index (χ1) is 9.11. The zero-order valence-corrected chi connectivity index (χ0v) is 11.7. The Balaban J connectivity index is 2.12. The zero-order chi connectivity index (χ0) is 13.8. The average molecular weight is 284 g/mol. The molecule has 1 aliphatic rings. The number of nitrogen functional groups attached to an aromatic ring is 1. The van der Waals surface area contributed by atoms with Gasteiger partial charge in [0.15, 0.2) is 0 Å². The molecule has 1 unspecified atom stereocenters. The molecule has 0 aromatic carbocycles. The minimum atomic E-state index is -0.150. The van der Waals surface area contributed by atoms with Crippen LogP contribution in [0.1, 0.15) is 30.1 Å². The Kier molecular flexibility index (Phi) is 4.61. The topological polar surface area (TPSA) is 68.5 Å². The van der Waals surface area contributed by atoms with Crippen LogP contribution in [0.5, 0.6) is 0 Å². The molecule has 2 rings (SSSR count). The highest BCUT2D eigenvalue weighted by atomic mass is 35.5. The maximum absolute atomic E-state index is 12.4. The molecular weight excluding hydrogens is 266 g/mol. The summed E-state index contributed by atoms with van der Waals surface area (Å²) in [7, 11) is 0. The van der Waals surface area contributed by atoms with Gasteiger partial charge in [-0.1, -0.05) is 11.6 Å². The van der Waals surface area contributed by atoms with Gasteiger partial charge in [0.05, 0.1) is 23.6 Å². The number of hydrogen-bond donors (Lipinski definition) is 1. The van der Waals surface area contributed by atoms with Crippen LogP contribution in [0, 0.1) is 0 Å². The molecule has 1 aromatic rings. The van der Waals surface area contributed by atoms with E-state index in [1.807, 2.05) is 6.92 Å². The van der Waals surface area contributed by atoms with Gasteiger partial charge in [-0.2, -0.15) is 0 Å². The number of hydrogen-bond acceptors (Lipinski definition) is 4. The Morgan fingerprint density at radius 3 is 3.11 bits per heavy atom. The molecule has 0 bridgehead atoms. The third kappa shape index (κ3) is 3.36. The van der Waals surface area contributed by atoms with Crippen molar-refractivity contribution in [1.29, 1.82) is 0 Å². The number of rotatable bonds is 4. The molecule has 1 saturated heterocycles. The lowest BCUT2D eigenvalue weighted by Gasteiger charge is -2.24. The van der Waals surface area contributed by atoms with Gasteiger partial charge in [-0.15, -0.1) is 0 Å². The Morgan fingerprint density at radius 1 is 1.68 bits per heavy atom. The van der Waals surface area contributed by atoms with Crippen LogP contribution in [-0.2, 0) is 4.74 Å². The quantitative estimate of drug-likeness (QED) is 0.858. The second-order valence-corrected chi connectivity index (χ2v) is 4.94. The number of ether oxygens (including phenoxy) is 1. The van der Waals surface area contributed by atoms with Crippen LogP contribution in [0.3, 0.4) is 0 Å². The smallest absolute Gasteiger partial charge is 0.257 e. The second kappa shape index (κ2) is 6.21. The number of carbonyl (C=O) groups is 1. The predicted octanol–water partition coefficient (Wildman–Crippen LogP) is 1.96. The summed E-state index contributed by atoms with van der Waals surface area (Å²) < 4.78 is 5.56. The van der Waals surface area contributed by atoms with E-state index in [4.69, 9.17) is 22.1 Å². The highest BCUT2D eigenvalue weighted by molar-refractivity contribution is 6.32. The fourth-order valence-corrected chi connectivity index (χ4v) is 2.36. The monoisotopic (exact) mass is 283 g/mol. The molecule has 104 valence electrons. The van der Waals surface area contributed by atoms with Crippen molar-refractivity contribution in [2.24, 2.45) is 0 Å². The summed E-state index contributed by atoms with van der Waals surface area (Å²) in [5.41, 5.74) is 6.43. The number of anilines is 1. The first kappa shape index (κ1) is 14.1. The molecule has 1 atom stereocenters. The number of amides is 1. The van der Waals surface area contributed by atoms with Gasteiger partial charge in [0.1, 0.15) is 5.15 Å². The summed E-state index contributed by atoms with van der Waals surface area (Å²) in [6, 6.07) is 1.57. The Morgan fingerprint density at radius 2 is 2.47 bits per heavy atom. The molecule has 0 radical (unpaired) electrons. The van der Waals surface area contributed by atoms with Crippen LogP contribution >= 0.6 is 11.6 Å². The molecule has 1 aromatic heterocycles. The van der Waals surface area contributed by atoms with Crippen molar-refractivity contribution < 1.29 is 9.53 Å². The van der Waals surface area contributed by atoms with Crippen LogP contribution in [-0.4, -0.2) is 41.6 Å². The number of nitrogens with zero attached hydrogens (tertiary/aromatic N) is 2. The first-order valence-electron chi connectivity index (χ1n) is 6.43. The molecule has 0 saturated carbocycles. The van der Waals surface area contributed by atoms with E-state index in [0.717, 1.165) is 19.4 Å². The molecule has 6 heteroatoms. The van der Waals surface area contributed by atoms with E-state index in [1.165, 1.54) is 6.20 Å². The number of likely N-dealkylation sites (N-methyl/N-ethyl adjacent to an activating group) is 1. The molecule has 19 heavy (non-hydrogen) atoms. The summed E-state index contributed by atoms with van der Waals surface area (Å²) >= 11 is 5.96. The molecule has 0 spiro atoms. The van der Waals surface area contributed by atoms with Crippen molar-refractivity contribution in [3.63, 3.8) is 0 Å². The summed E-state index contributed by atoms with van der Waals surface area (Å²) in [5, 5.41) is 0.185. The van der Waals surface area contributed by atoms with Gasteiger partial charge >= 0.3 is 0 Å². The van der Waals surface area contributed by atoms with Gasteiger partial charge in [-0.3, -0.25) is 4.79 Å². The number of pyridine rings is 1. The van der Waals surface area contributed by atoms with E-state index in [1.54, 1.807) is 11.0 Å². The van der Waals surface area contributed by atoms with Gasteiger partial charge in [0.25, 0.3) is 5.91 Å². The predicted molar refractivity (Wildman–Crippen MR) is 74.2 cm³/mol. The van der Waals surface area contributed by atoms with Gasteiger partial charge in [-0.05, 0) is 25.8 Å². The van der Waals surface area contributed by atoms with Gasteiger partial charge in [-0.25, -0.2) is 4.98 Å². The van der Waals surface area contributed by atoms with Crippen molar-refractivity contribution in [1.82, 2.24) is 9.88 Å². The number of carbonyl (C=O) groups excluding carboxylic acids is 1. The molecule has 2 heterocycles. The fraction of sp³-hybridized carbons (Fsp3) is 0.538. The SMILES string of the molecule is CCN(CC1CCCO1)C(=O)c1cc(N)cnc1Cl. The molecule has 5 nitrogen and oxygen atoms in total. The van der Waals surface area contributed by atoms with Gasteiger partial charge in [0.2, 0.25) is 0 Å². The van der Waals surface area contributed by atoms with E-state index in [9.17, 15) is 4.79 Å². The van der Waals surface area contributed by atoms with Gasteiger partial charge < -0.3 is 15.4 Å². The molecule has 1 aliphatic heterocycles. The van der Waals surface area contributed by atoms with E-state index in [2.05, 4.69) is 4.98 Å². The van der Waals surface area contributed by atoms with Crippen LogP contribution in [0.4, 0.5) is 5.69 Å². The number of halogens is 1. The Labute approximate surface area is 117 Å². The maximum atomic E-state index is 12.4.